The van der Waals surface area contributed by atoms with E-state index in [2.05, 4.69) is 15.5 Å². The molecule has 0 unspecified atom stereocenters. The van der Waals surface area contributed by atoms with Crippen LogP contribution < -0.4 is 10.2 Å². The Kier molecular flexibility index (Phi) is 5.91. The Morgan fingerprint density at radius 3 is 2.57 bits per heavy atom. The van der Waals surface area contributed by atoms with E-state index in [0.717, 1.165) is 5.56 Å². The molecule has 0 saturated heterocycles. The molecule has 0 spiro atoms. The van der Waals surface area contributed by atoms with Crippen molar-refractivity contribution >= 4 is 17.7 Å². The van der Waals surface area contributed by atoms with Gasteiger partial charge in [-0.3, -0.25) is 4.79 Å². The van der Waals surface area contributed by atoms with Crippen LogP contribution in [0.15, 0.2) is 40.8 Å². The van der Waals surface area contributed by atoms with Crippen LogP contribution in [0.3, 0.4) is 0 Å². The first-order valence-corrected chi connectivity index (χ1v) is 11.2. The number of carbonyl (C=O) groups excluding carboxylic acids is 1. The summed E-state index contributed by atoms with van der Waals surface area (Å²) in [7, 11) is 0. The molecule has 2 aromatic carbocycles. The average Bonchev–Trinajstić information content (AvgIpc) is 3.45. The highest BCUT2D eigenvalue weighted by atomic mass is 19.3. The monoisotopic (exact) mass is 486 g/mol. The largest absolute Gasteiger partial charge is 0.465 e. The van der Waals surface area contributed by atoms with E-state index in [1.165, 1.54) is 18.2 Å². The molecule has 35 heavy (non-hydrogen) atoms. The van der Waals surface area contributed by atoms with Crippen molar-refractivity contribution in [3.8, 4) is 11.5 Å². The number of nitrogens with one attached hydrogen (secondary N) is 1. The average molecular weight is 486 g/mol. The lowest BCUT2D eigenvalue weighted by Gasteiger charge is -2.31. The van der Waals surface area contributed by atoms with Gasteiger partial charge in [-0.05, 0) is 73.1 Å². The Balaban J connectivity index is 1.40. The van der Waals surface area contributed by atoms with E-state index >= 15 is 0 Å². The summed E-state index contributed by atoms with van der Waals surface area (Å²) >= 11 is 0. The third-order valence-corrected chi connectivity index (χ3v) is 6.56. The number of rotatable bonds is 5. The molecule has 3 aromatic rings. The van der Waals surface area contributed by atoms with Crippen LogP contribution in [0, 0.1) is 5.82 Å². The predicted octanol–water partition coefficient (Wildman–Crippen LogP) is 5.27. The Morgan fingerprint density at radius 2 is 1.89 bits per heavy atom. The van der Waals surface area contributed by atoms with Gasteiger partial charge in [0.2, 0.25) is 5.89 Å². The second-order valence-electron chi connectivity index (χ2n) is 8.71. The van der Waals surface area contributed by atoms with Gasteiger partial charge in [-0.25, -0.2) is 9.18 Å². The first kappa shape index (κ1) is 22.9. The normalized spacial score (nSPS) is 19.8. The predicted molar refractivity (Wildman–Crippen MR) is 118 cm³/mol. The lowest BCUT2D eigenvalue weighted by molar-refractivity contribution is 0.0996. The molecule has 2 amide bonds. The summed E-state index contributed by atoms with van der Waals surface area (Å²) in [4.78, 5) is 25.9. The number of fused-ring (bicyclic) bond motifs is 1. The number of amides is 2. The summed E-state index contributed by atoms with van der Waals surface area (Å²) in [6.07, 6.45) is -1.40. The fourth-order valence-corrected chi connectivity index (χ4v) is 4.89. The molecule has 2 aliphatic rings. The van der Waals surface area contributed by atoms with Crippen molar-refractivity contribution in [2.75, 3.05) is 4.90 Å². The lowest BCUT2D eigenvalue weighted by Crippen LogP contribution is -2.36. The van der Waals surface area contributed by atoms with Gasteiger partial charge in [-0.1, -0.05) is 6.07 Å². The van der Waals surface area contributed by atoms with Gasteiger partial charge in [0.25, 0.3) is 11.8 Å². The van der Waals surface area contributed by atoms with Crippen molar-refractivity contribution in [2.24, 2.45) is 0 Å². The Morgan fingerprint density at radius 1 is 1.11 bits per heavy atom. The number of aromatic nitrogens is 2. The van der Waals surface area contributed by atoms with Crippen LogP contribution in [-0.4, -0.2) is 33.3 Å². The van der Waals surface area contributed by atoms with Crippen LogP contribution in [0.5, 0.6) is 0 Å². The third kappa shape index (κ3) is 4.45. The van der Waals surface area contributed by atoms with Gasteiger partial charge >= 0.3 is 12.5 Å². The van der Waals surface area contributed by atoms with E-state index in [9.17, 15) is 22.8 Å². The van der Waals surface area contributed by atoms with Crippen LogP contribution in [0.4, 0.5) is 23.7 Å². The number of hydrogen-bond acceptors (Lipinski definition) is 5. The molecule has 8 nitrogen and oxygen atoms in total. The van der Waals surface area contributed by atoms with Crippen LogP contribution in [0.2, 0.25) is 0 Å². The van der Waals surface area contributed by atoms with Gasteiger partial charge in [-0.15, -0.1) is 10.2 Å². The minimum atomic E-state index is -2.89. The van der Waals surface area contributed by atoms with Crippen molar-refractivity contribution in [3.05, 3.63) is 64.8 Å². The maximum atomic E-state index is 14.2. The van der Waals surface area contributed by atoms with Gasteiger partial charge in [0, 0.05) is 22.9 Å². The zero-order valence-corrected chi connectivity index (χ0v) is 18.4. The molecular weight excluding hydrogens is 465 g/mol. The molecule has 11 heteroatoms. The topological polar surface area (TPSA) is 109 Å². The quantitative estimate of drug-likeness (QED) is 0.509. The Labute approximate surface area is 197 Å². The number of halogens is 3. The number of carbonyl (C=O) groups is 2. The molecule has 0 bridgehead atoms. The van der Waals surface area contributed by atoms with Crippen molar-refractivity contribution in [2.45, 2.75) is 50.6 Å². The number of hydrogen-bond donors (Lipinski definition) is 2. The second-order valence-corrected chi connectivity index (χ2v) is 8.71. The molecule has 1 aliphatic heterocycles. The number of nitrogens with zero attached hydrogens (tertiary/aromatic N) is 3. The Hall–Kier alpha value is -3.89. The van der Waals surface area contributed by atoms with Gasteiger partial charge < -0.3 is 19.7 Å². The van der Waals surface area contributed by atoms with Gasteiger partial charge in [-0.2, -0.15) is 8.78 Å². The SMILES string of the molecule is O=C(O)NC1CCC(c2cc(F)ccc2N2Cc3ccc(-c4nnc(C(F)F)o4)cc3C2=O)CC1. The molecular formula is C24H21F3N4O4. The molecule has 1 fully saturated rings. The summed E-state index contributed by atoms with van der Waals surface area (Å²) in [6, 6.07) is 9.06. The maximum Gasteiger partial charge on any atom is 0.404 e. The van der Waals surface area contributed by atoms with E-state index in [1.54, 1.807) is 23.1 Å². The van der Waals surface area contributed by atoms with Crippen molar-refractivity contribution in [1.82, 2.24) is 15.5 Å². The summed E-state index contributed by atoms with van der Waals surface area (Å²) < 4.78 is 44.8. The molecule has 2 N–H and O–H groups in total. The van der Waals surface area contributed by atoms with E-state index in [1.807, 2.05) is 0 Å². The molecule has 0 radical (unpaired) electrons. The number of anilines is 1. The van der Waals surface area contributed by atoms with Gasteiger partial charge in [0.05, 0.1) is 6.54 Å². The number of carboxylic acid groups (broad SMARTS) is 1. The lowest BCUT2D eigenvalue weighted by atomic mass is 9.81. The molecule has 1 aliphatic carbocycles. The smallest absolute Gasteiger partial charge is 0.404 e. The van der Waals surface area contributed by atoms with Crippen LogP contribution in [0.25, 0.3) is 11.5 Å². The van der Waals surface area contributed by atoms with E-state index in [-0.39, 0.29) is 30.3 Å². The zero-order valence-electron chi connectivity index (χ0n) is 18.4. The number of alkyl halides is 2. The maximum absolute atomic E-state index is 14.2. The fraction of sp³-hybridized carbons (Fsp3) is 0.333. The van der Waals surface area contributed by atoms with E-state index < -0.39 is 24.2 Å². The van der Waals surface area contributed by atoms with Gasteiger partial charge in [0.15, 0.2) is 0 Å². The molecule has 182 valence electrons. The molecule has 2 heterocycles. The molecule has 1 saturated carbocycles. The second kappa shape index (κ2) is 9.05. The highest BCUT2D eigenvalue weighted by molar-refractivity contribution is 6.11. The van der Waals surface area contributed by atoms with Gasteiger partial charge in [0.1, 0.15) is 5.82 Å². The fourth-order valence-electron chi connectivity index (χ4n) is 4.89. The molecule has 0 atom stereocenters. The Bertz CT molecular complexity index is 1290. The van der Waals surface area contributed by atoms with Crippen LogP contribution >= 0.6 is 0 Å². The minimum absolute atomic E-state index is 0.0224. The number of benzene rings is 2. The van der Waals surface area contributed by atoms with E-state index in [4.69, 9.17) is 9.52 Å². The van der Waals surface area contributed by atoms with Crippen LogP contribution in [-0.2, 0) is 6.54 Å². The first-order chi connectivity index (χ1) is 16.8. The first-order valence-electron chi connectivity index (χ1n) is 11.2. The minimum Gasteiger partial charge on any atom is -0.465 e. The highest BCUT2D eigenvalue weighted by Gasteiger charge is 2.33. The summed E-state index contributed by atoms with van der Waals surface area (Å²) in [5, 5.41) is 18.4. The summed E-state index contributed by atoms with van der Waals surface area (Å²) in [6.45, 7) is 0.273. The summed E-state index contributed by atoms with van der Waals surface area (Å²) in [5.41, 5.74) is 2.77. The standard InChI is InChI=1S/C24H21F3N4O4/c25-15-5-8-19(17(10-15)12-3-6-16(7-4-12)28-24(33)34)31-11-14-2-1-13(9-18(14)23(31)32)21-29-30-22(35-21)20(26)27/h1-2,5,8-10,12,16,20,28H,3-4,6-7,11H2,(H,33,34). The third-order valence-electron chi connectivity index (χ3n) is 6.56. The van der Waals surface area contributed by atoms with Crippen molar-refractivity contribution in [3.63, 3.8) is 0 Å². The molecule has 5 rings (SSSR count). The molecule has 1 aromatic heterocycles. The van der Waals surface area contributed by atoms with Crippen molar-refractivity contribution in [1.29, 1.82) is 0 Å². The van der Waals surface area contributed by atoms with Crippen LogP contribution in [0.1, 0.15) is 65.4 Å². The van der Waals surface area contributed by atoms with E-state index in [0.29, 0.717) is 48.1 Å². The zero-order chi connectivity index (χ0) is 24.7. The highest BCUT2D eigenvalue weighted by Crippen LogP contribution is 2.41. The summed E-state index contributed by atoms with van der Waals surface area (Å²) in [5.74, 6) is -1.64. The van der Waals surface area contributed by atoms with Crippen molar-refractivity contribution < 1.29 is 32.3 Å².